The molecule has 1 atom stereocenters. The fourth-order valence-electron chi connectivity index (χ4n) is 3.43. The van der Waals surface area contributed by atoms with Crippen molar-refractivity contribution in [3.05, 3.63) is 69.7 Å². The van der Waals surface area contributed by atoms with Gasteiger partial charge in [-0.3, -0.25) is 14.9 Å². The molecule has 0 aliphatic carbocycles. The summed E-state index contributed by atoms with van der Waals surface area (Å²) in [5, 5.41) is 12.7. The van der Waals surface area contributed by atoms with E-state index in [9.17, 15) is 9.59 Å². The Kier molecular flexibility index (Phi) is 5.60. The van der Waals surface area contributed by atoms with E-state index in [1.807, 2.05) is 29.2 Å². The molecule has 1 aliphatic rings. The van der Waals surface area contributed by atoms with Crippen molar-refractivity contribution in [1.29, 1.82) is 0 Å². The number of aromatic nitrogens is 2. The summed E-state index contributed by atoms with van der Waals surface area (Å²) in [6, 6.07) is 14.7. The maximum Gasteiger partial charge on any atom is 0.257 e. The molecule has 0 bridgehead atoms. The number of nitrogens with zero attached hydrogens (tertiary/aromatic N) is 3. The number of benzene rings is 2. The molecular formula is C21H19ClN4O2S. The molecule has 6 nitrogen and oxygen atoms in total. The molecule has 2 heterocycles. The first-order valence-electron chi connectivity index (χ1n) is 9.33. The number of carbonyl (C=O) groups excluding carboxylic acids is 2. The highest BCUT2D eigenvalue weighted by Gasteiger charge is 2.34. The largest absolute Gasteiger partial charge is 0.311 e. The first-order valence-corrected chi connectivity index (χ1v) is 10.5. The number of halogens is 1. The van der Waals surface area contributed by atoms with Gasteiger partial charge < -0.3 is 4.90 Å². The molecule has 2 aromatic carbocycles. The lowest BCUT2D eigenvalue weighted by atomic mass is 10.1. The highest BCUT2D eigenvalue weighted by Crippen LogP contribution is 2.35. The molecule has 1 aliphatic heterocycles. The number of para-hydroxylation sites is 1. The van der Waals surface area contributed by atoms with Gasteiger partial charge in [-0.25, -0.2) is 0 Å². The summed E-state index contributed by atoms with van der Waals surface area (Å²) in [5.41, 5.74) is 2.56. The quantitative estimate of drug-likeness (QED) is 0.650. The number of amides is 2. The van der Waals surface area contributed by atoms with Crippen LogP contribution in [0.5, 0.6) is 0 Å². The van der Waals surface area contributed by atoms with Crippen LogP contribution < -0.4 is 10.2 Å². The fourth-order valence-corrected chi connectivity index (χ4v) is 4.45. The molecular weight excluding hydrogens is 408 g/mol. The number of aryl methyl sites for hydroxylation is 1. The number of carbonyl (C=O) groups is 2. The van der Waals surface area contributed by atoms with Gasteiger partial charge >= 0.3 is 0 Å². The Hall–Kier alpha value is -2.77. The van der Waals surface area contributed by atoms with Gasteiger partial charge in [0, 0.05) is 35.2 Å². The van der Waals surface area contributed by atoms with Crippen LogP contribution in [0.1, 0.15) is 40.2 Å². The van der Waals surface area contributed by atoms with Gasteiger partial charge in [-0.1, -0.05) is 54.1 Å². The van der Waals surface area contributed by atoms with E-state index in [1.54, 1.807) is 24.3 Å². The molecule has 1 saturated heterocycles. The highest BCUT2D eigenvalue weighted by atomic mass is 35.5. The fraction of sp³-hybridized carbons (Fsp3) is 0.238. The van der Waals surface area contributed by atoms with Crippen LogP contribution in [0.25, 0.3) is 0 Å². The summed E-state index contributed by atoms with van der Waals surface area (Å²) in [6.45, 7) is 2.64. The molecule has 4 rings (SSSR count). The summed E-state index contributed by atoms with van der Waals surface area (Å²) >= 11 is 7.24. The standard InChI is InChI=1S/C21H19ClN4O2S/c1-2-13-6-3-4-9-17(13)26-12-15(11-18(26)27)20-24-25-21(29-20)23-19(28)14-7-5-8-16(22)10-14/h3-10,15H,2,11-12H2,1H3,(H,23,25,28). The molecule has 29 heavy (non-hydrogen) atoms. The van der Waals surface area contributed by atoms with E-state index in [4.69, 9.17) is 11.6 Å². The molecule has 0 saturated carbocycles. The van der Waals surface area contributed by atoms with Crippen LogP contribution in [0.4, 0.5) is 10.8 Å². The SMILES string of the molecule is CCc1ccccc1N1CC(c2nnc(NC(=O)c3cccc(Cl)c3)s2)CC1=O. The molecule has 3 aromatic rings. The summed E-state index contributed by atoms with van der Waals surface area (Å²) < 4.78 is 0. The Bertz CT molecular complexity index is 1070. The van der Waals surface area contributed by atoms with Gasteiger partial charge in [-0.2, -0.15) is 0 Å². The van der Waals surface area contributed by atoms with Crippen molar-refractivity contribution in [3.63, 3.8) is 0 Å². The molecule has 1 N–H and O–H groups in total. The summed E-state index contributed by atoms with van der Waals surface area (Å²) in [4.78, 5) is 26.8. The van der Waals surface area contributed by atoms with Crippen molar-refractivity contribution in [2.75, 3.05) is 16.8 Å². The van der Waals surface area contributed by atoms with Crippen molar-refractivity contribution < 1.29 is 9.59 Å². The molecule has 1 unspecified atom stereocenters. The zero-order valence-corrected chi connectivity index (χ0v) is 17.3. The van der Waals surface area contributed by atoms with E-state index in [1.165, 1.54) is 11.3 Å². The lowest BCUT2D eigenvalue weighted by molar-refractivity contribution is -0.117. The summed E-state index contributed by atoms with van der Waals surface area (Å²) in [7, 11) is 0. The van der Waals surface area contributed by atoms with Gasteiger partial charge in [0.15, 0.2) is 0 Å². The average molecular weight is 427 g/mol. The van der Waals surface area contributed by atoms with Crippen molar-refractivity contribution in [1.82, 2.24) is 10.2 Å². The van der Waals surface area contributed by atoms with Crippen LogP contribution in [-0.2, 0) is 11.2 Å². The second-order valence-corrected chi connectivity index (χ2v) is 8.24. The Balaban J connectivity index is 1.47. The third kappa shape index (κ3) is 4.16. The zero-order valence-electron chi connectivity index (χ0n) is 15.8. The van der Waals surface area contributed by atoms with Crippen LogP contribution in [0.2, 0.25) is 5.02 Å². The summed E-state index contributed by atoms with van der Waals surface area (Å²) in [6.07, 6.45) is 1.25. The number of rotatable bonds is 5. The molecule has 8 heteroatoms. The van der Waals surface area contributed by atoms with Crippen molar-refractivity contribution in [3.8, 4) is 0 Å². The molecule has 1 aromatic heterocycles. The van der Waals surface area contributed by atoms with Gasteiger partial charge in [0.1, 0.15) is 5.01 Å². The van der Waals surface area contributed by atoms with Gasteiger partial charge in [0.25, 0.3) is 5.91 Å². The zero-order chi connectivity index (χ0) is 20.4. The average Bonchev–Trinajstić information content (AvgIpc) is 3.34. The van der Waals surface area contributed by atoms with Gasteiger partial charge in [0.2, 0.25) is 11.0 Å². The Morgan fingerprint density at radius 1 is 1.24 bits per heavy atom. The Morgan fingerprint density at radius 3 is 2.86 bits per heavy atom. The van der Waals surface area contributed by atoms with Gasteiger partial charge in [0.05, 0.1) is 0 Å². The molecule has 0 radical (unpaired) electrons. The topological polar surface area (TPSA) is 75.2 Å². The van der Waals surface area contributed by atoms with Crippen LogP contribution in [-0.4, -0.2) is 28.6 Å². The Morgan fingerprint density at radius 2 is 2.07 bits per heavy atom. The van der Waals surface area contributed by atoms with Gasteiger partial charge in [-0.05, 0) is 36.2 Å². The number of nitrogens with one attached hydrogen (secondary N) is 1. The molecule has 148 valence electrons. The number of hydrogen-bond acceptors (Lipinski definition) is 5. The van der Waals surface area contributed by atoms with Crippen LogP contribution in [0.15, 0.2) is 48.5 Å². The first kappa shape index (κ1) is 19.5. The van der Waals surface area contributed by atoms with E-state index in [0.717, 1.165) is 22.7 Å². The van der Waals surface area contributed by atoms with Crippen LogP contribution in [0.3, 0.4) is 0 Å². The van der Waals surface area contributed by atoms with E-state index in [-0.39, 0.29) is 17.7 Å². The first-order chi connectivity index (χ1) is 14.0. The maximum absolute atomic E-state index is 12.6. The predicted octanol–water partition coefficient (Wildman–Crippen LogP) is 4.53. The lowest BCUT2D eigenvalue weighted by Crippen LogP contribution is -2.25. The Labute approximate surface area is 177 Å². The second kappa shape index (κ2) is 8.31. The van der Waals surface area contributed by atoms with Crippen LogP contribution in [0, 0.1) is 0 Å². The highest BCUT2D eigenvalue weighted by molar-refractivity contribution is 7.15. The second-order valence-electron chi connectivity index (χ2n) is 6.80. The van der Waals surface area contributed by atoms with Crippen molar-refractivity contribution in [2.24, 2.45) is 0 Å². The van der Waals surface area contributed by atoms with Crippen LogP contribution >= 0.6 is 22.9 Å². The van der Waals surface area contributed by atoms with Gasteiger partial charge in [-0.15, -0.1) is 10.2 Å². The van der Waals surface area contributed by atoms with Crippen molar-refractivity contribution >= 4 is 45.6 Å². The monoisotopic (exact) mass is 426 g/mol. The molecule has 1 fully saturated rings. The van der Waals surface area contributed by atoms with E-state index in [2.05, 4.69) is 22.4 Å². The normalized spacial score (nSPS) is 16.3. The van der Waals surface area contributed by atoms with E-state index in [0.29, 0.717) is 28.7 Å². The van der Waals surface area contributed by atoms with E-state index >= 15 is 0 Å². The molecule has 0 spiro atoms. The maximum atomic E-state index is 12.6. The van der Waals surface area contributed by atoms with Crippen molar-refractivity contribution in [2.45, 2.75) is 25.7 Å². The summed E-state index contributed by atoms with van der Waals surface area (Å²) in [5.74, 6) is -0.256. The third-order valence-corrected chi connectivity index (χ3v) is 6.12. The lowest BCUT2D eigenvalue weighted by Gasteiger charge is -2.19. The molecule has 2 amide bonds. The smallest absolute Gasteiger partial charge is 0.257 e. The minimum absolute atomic E-state index is 0.0401. The van der Waals surface area contributed by atoms with E-state index < -0.39 is 0 Å². The minimum Gasteiger partial charge on any atom is -0.311 e. The predicted molar refractivity (Wildman–Crippen MR) is 115 cm³/mol. The number of anilines is 2. The number of hydrogen-bond donors (Lipinski definition) is 1. The third-order valence-electron chi connectivity index (χ3n) is 4.89. The minimum atomic E-state index is -0.295.